The van der Waals surface area contributed by atoms with Crippen molar-refractivity contribution in [1.82, 2.24) is 9.55 Å². The van der Waals surface area contributed by atoms with E-state index >= 15 is 0 Å². The van der Waals surface area contributed by atoms with Gasteiger partial charge < -0.3 is 32.4 Å². The lowest BCUT2D eigenvalue weighted by molar-refractivity contribution is -0.0420. The molecule has 4 aromatic carbocycles. The van der Waals surface area contributed by atoms with Crippen LogP contribution in [0.4, 0.5) is 10.6 Å². The standard InChI is InChI=1S/C48H54N3O11PSi/c1-8-27-57-47(54)50-42-25-26-51(46(53)49-42)43-32-40(41(60-43)33-59-64(48(3,4)5,38-21-15-11-16-22-38)39-23-17-12-18-24-39)61-63(58-28-9-2)62-45(44(52)34-19-13-10-14-20-34)35-29-36(55-6)31-37(30-35)56-7/h8-26,29-31,40-41,43,45H,1-2,27-28,32-33H2,3-7H3,(H,49,50,53,54)/t40-,41+,43+,45?,63?/m0/s1. The van der Waals surface area contributed by atoms with E-state index in [0.29, 0.717) is 22.6 Å². The highest BCUT2D eigenvalue weighted by Gasteiger charge is 2.52. The second kappa shape index (κ2) is 22.2. The van der Waals surface area contributed by atoms with E-state index in [1.807, 2.05) is 42.5 Å². The molecule has 64 heavy (non-hydrogen) atoms. The quantitative estimate of drug-likeness (QED) is 0.0326. The third-order valence-electron chi connectivity index (χ3n) is 10.4. The summed E-state index contributed by atoms with van der Waals surface area (Å²) in [5, 5.41) is 4.21. The largest absolute Gasteiger partial charge is 0.497 e. The van der Waals surface area contributed by atoms with Gasteiger partial charge in [0.15, 0.2) is 11.9 Å². The third-order valence-corrected chi connectivity index (χ3v) is 16.6. The highest BCUT2D eigenvalue weighted by atomic mass is 31.2. The summed E-state index contributed by atoms with van der Waals surface area (Å²) in [6.45, 7) is 13.9. The fourth-order valence-corrected chi connectivity index (χ4v) is 13.3. The van der Waals surface area contributed by atoms with Crippen LogP contribution in [0.25, 0.3) is 0 Å². The van der Waals surface area contributed by atoms with E-state index in [2.05, 4.69) is 68.5 Å². The molecule has 14 nitrogen and oxygen atoms in total. The Bertz CT molecular complexity index is 2340. The SMILES string of the molecule is C=CCOC(=O)Nc1ccn([C@H]2C[C@H](OP(OCC=C)OC(C(=O)c3ccccc3)c3cc(OC)cc(OC)c3)[C@@H](CO[Si](c3ccccc3)(c3ccccc3)C(C)(C)C)O2)c(=O)n1. The zero-order valence-electron chi connectivity index (χ0n) is 36.6. The zero-order chi connectivity index (χ0) is 45.7. The van der Waals surface area contributed by atoms with Crippen LogP contribution in [-0.2, 0) is 27.5 Å². The van der Waals surface area contributed by atoms with Crippen LogP contribution in [0.3, 0.4) is 0 Å². The summed E-state index contributed by atoms with van der Waals surface area (Å²) in [7, 11) is -2.42. The minimum Gasteiger partial charge on any atom is -0.497 e. The monoisotopic (exact) mass is 907 g/mol. The van der Waals surface area contributed by atoms with Gasteiger partial charge >= 0.3 is 20.4 Å². The molecule has 0 spiro atoms. The number of Topliss-reactive ketones (excluding diaryl/α,β-unsaturated/α-hetero) is 1. The van der Waals surface area contributed by atoms with E-state index in [1.165, 1.54) is 37.1 Å². The van der Waals surface area contributed by atoms with Crippen LogP contribution >= 0.6 is 8.60 Å². The number of benzene rings is 4. The lowest BCUT2D eigenvalue weighted by Crippen LogP contribution is -2.67. The third kappa shape index (κ3) is 11.5. The number of nitrogens with zero attached hydrogens (tertiary/aromatic N) is 2. The zero-order valence-corrected chi connectivity index (χ0v) is 38.5. The Kier molecular flexibility index (Phi) is 16.6. The Morgan fingerprint density at radius 2 is 1.48 bits per heavy atom. The van der Waals surface area contributed by atoms with Crippen LogP contribution in [0.1, 0.15) is 55.4 Å². The van der Waals surface area contributed by atoms with Gasteiger partial charge in [0, 0.05) is 24.2 Å². The Balaban J connectivity index is 1.39. The maximum absolute atomic E-state index is 14.4. The molecule has 1 aromatic heterocycles. The molecule has 0 radical (unpaired) electrons. The first-order chi connectivity index (χ1) is 30.9. The summed E-state index contributed by atoms with van der Waals surface area (Å²) in [5.41, 5.74) is 0.142. The van der Waals surface area contributed by atoms with Crippen molar-refractivity contribution < 1.29 is 46.5 Å². The van der Waals surface area contributed by atoms with Gasteiger partial charge in [-0.1, -0.05) is 130 Å². The van der Waals surface area contributed by atoms with Gasteiger partial charge in [0.25, 0.3) is 8.32 Å². The van der Waals surface area contributed by atoms with Gasteiger partial charge in [-0.3, -0.25) is 19.2 Å². The molecule has 1 aliphatic heterocycles. The number of ketones is 1. The molecule has 1 amide bonds. The van der Waals surface area contributed by atoms with Crippen molar-refractivity contribution >= 4 is 45.0 Å². The molecule has 6 rings (SSSR count). The summed E-state index contributed by atoms with van der Waals surface area (Å²) in [4.78, 5) is 44.3. The number of hydrogen-bond donors (Lipinski definition) is 1. The first-order valence-corrected chi connectivity index (χ1v) is 23.6. The van der Waals surface area contributed by atoms with Crippen LogP contribution in [0.2, 0.25) is 5.04 Å². The fraction of sp³-hybridized carbons (Fsp3) is 0.292. The van der Waals surface area contributed by atoms with Gasteiger partial charge in [0.2, 0.25) is 0 Å². The molecule has 0 saturated carbocycles. The van der Waals surface area contributed by atoms with Crippen molar-refractivity contribution in [2.24, 2.45) is 0 Å². The van der Waals surface area contributed by atoms with E-state index in [9.17, 15) is 14.4 Å². The van der Waals surface area contributed by atoms with Crippen LogP contribution < -0.4 is 30.9 Å². The smallest absolute Gasteiger partial charge is 0.413 e. The minimum absolute atomic E-state index is 0.00859. The number of nitrogens with one attached hydrogen (secondary N) is 1. The van der Waals surface area contributed by atoms with Crippen LogP contribution in [0, 0.1) is 0 Å². The number of carbonyl (C=O) groups excluding carboxylic acids is 2. The topological polar surface area (TPSA) is 155 Å². The number of methoxy groups -OCH3 is 2. The maximum Gasteiger partial charge on any atom is 0.413 e. The molecule has 0 bridgehead atoms. The lowest BCUT2D eigenvalue weighted by atomic mass is 9.99. The molecule has 16 heteroatoms. The number of hydrogen-bond acceptors (Lipinski definition) is 12. The van der Waals surface area contributed by atoms with E-state index in [0.717, 1.165) is 10.4 Å². The molecule has 5 atom stereocenters. The summed E-state index contributed by atoms with van der Waals surface area (Å²) in [6, 6.07) is 35.7. The first-order valence-electron chi connectivity index (χ1n) is 20.6. The van der Waals surface area contributed by atoms with Gasteiger partial charge in [-0.2, -0.15) is 4.98 Å². The van der Waals surface area contributed by atoms with E-state index < -0.39 is 53.2 Å². The molecule has 2 unspecified atom stereocenters. The molecular weight excluding hydrogens is 854 g/mol. The van der Waals surface area contributed by atoms with Crippen molar-refractivity contribution in [3.8, 4) is 11.5 Å². The molecule has 5 aromatic rings. The minimum atomic E-state index is -3.11. The van der Waals surface area contributed by atoms with Gasteiger partial charge in [0.05, 0.1) is 33.5 Å². The fourth-order valence-electron chi connectivity index (χ4n) is 7.47. The van der Waals surface area contributed by atoms with Crippen LogP contribution in [0.5, 0.6) is 11.5 Å². The molecule has 336 valence electrons. The number of amides is 1. The van der Waals surface area contributed by atoms with Gasteiger partial charge in [0.1, 0.15) is 36.3 Å². The van der Waals surface area contributed by atoms with Gasteiger partial charge in [-0.25, -0.2) is 9.59 Å². The average Bonchev–Trinajstić information content (AvgIpc) is 3.71. The average molecular weight is 908 g/mol. The molecule has 1 aliphatic rings. The number of ether oxygens (including phenoxy) is 4. The number of anilines is 1. The first kappa shape index (κ1) is 47.7. The Morgan fingerprint density at radius 1 is 0.891 bits per heavy atom. The maximum atomic E-state index is 14.4. The van der Waals surface area contributed by atoms with Crippen LogP contribution in [-0.4, -0.2) is 76.0 Å². The lowest BCUT2D eigenvalue weighted by Gasteiger charge is -2.43. The number of rotatable bonds is 21. The summed E-state index contributed by atoms with van der Waals surface area (Å²) in [6.07, 6.45) is 0.0219. The highest BCUT2D eigenvalue weighted by Crippen LogP contribution is 2.50. The van der Waals surface area contributed by atoms with Crippen molar-refractivity contribution in [1.29, 1.82) is 0 Å². The van der Waals surface area contributed by atoms with Gasteiger partial charge in [-0.05, 0) is 39.2 Å². The van der Waals surface area contributed by atoms with E-state index in [1.54, 1.807) is 48.5 Å². The highest BCUT2D eigenvalue weighted by molar-refractivity contribution is 7.41. The molecule has 2 heterocycles. The molecular formula is C48H54N3O11PSi. The predicted octanol–water partition coefficient (Wildman–Crippen LogP) is 8.31. The van der Waals surface area contributed by atoms with Crippen molar-refractivity contribution in [3.63, 3.8) is 0 Å². The molecule has 0 aliphatic carbocycles. The second-order valence-corrected chi connectivity index (χ2v) is 21.1. The predicted molar refractivity (Wildman–Crippen MR) is 248 cm³/mol. The summed E-state index contributed by atoms with van der Waals surface area (Å²) < 4.78 is 51.1. The summed E-state index contributed by atoms with van der Waals surface area (Å²) in [5.74, 6) is 0.525. The number of aromatic nitrogens is 2. The van der Waals surface area contributed by atoms with Crippen molar-refractivity contribution in [3.05, 3.63) is 168 Å². The van der Waals surface area contributed by atoms with Crippen LogP contribution in [0.15, 0.2) is 152 Å². The van der Waals surface area contributed by atoms with E-state index in [4.69, 9.17) is 36.9 Å². The Labute approximate surface area is 375 Å². The Hall–Kier alpha value is -5.77. The molecule has 1 saturated heterocycles. The van der Waals surface area contributed by atoms with E-state index in [-0.39, 0.29) is 42.9 Å². The Morgan fingerprint density at radius 3 is 2.03 bits per heavy atom. The summed E-state index contributed by atoms with van der Waals surface area (Å²) >= 11 is 0. The van der Waals surface area contributed by atoms with Crippen molar-refractivity contribution in [2.45, 2.75) is 56.8 Å². The number of carbonyl (C=O) groups is 2. The molecule has 1 fully saturated rings. The van der Waals surface area contributed by atoms with Crippen molar-refractivity contribution in [2.75, 3.05) is 39.4 Å². The molecule has 1 N–H and O–H groups in total. The van der Waals surface area contributed by atoms with Gasteiger partial charge in [-0.15, -0.1) is 6.58 Å². The normalized spacial score (nSPS) is 17.2. The second-order valence-electron chi connectivity index (χ2n) is 15.7.